The maximum absolute atomic E-state index is 11.8. The van der Waals surface area contributed by atoms with E-state index in [0.29, 0.717) is 36.3 Å². The number of methoxy groups -OCH3 is 1. The van der Waals surface area contributed by atoms with Gasteiger partial charge < -0.3 is 15.0 Å². The zero-order valence-electron chi connectivity index (χ0n) is 19.3. The summed E-state index contributed by atoms with van der Waals surface area (Å²) in [7, 11) is 1.43. The zero-order valence-corrected chi connectivity index (χ0v) is 20.2. The lowest BCUT2D eigenvalue weighted by Crippen LogP contribution is -2.24. The first-order chi connectivity index (χ1) is 17.2. The van der Waals surface area contributed by atoms with E-state index in [4.69, 9.17) is 10.00 Å². The Bertz CT molecular complexity index is 1280. The molecule has 0 aliphatic rings. The van der Waals surface area contributed by atoms with Gasteiger partial charge in [0.2, 0.25) is 5.91 Å². The van der Waals surface area contributed by atoms with Crippen LogP contribution < -0.4 is 15.0 Å². The summed E-state index contributed by atoms with van der Waals surface area (Å²) in [6, 6.07) is 4.83. The normalized spacial score (nSPS) is 10.4. The highest BCUT2D eigenvalue weighted by Gasteiger charge is 2.25. The first-order valence-electron chi connectivity index (χ1n) is 10.1. The SMILES string of the molecule is C=CCN(CC=C)c1cc(NC(C)=O)c(N=Nc2cc(SC#N)c([N+](=O)[O-])cc2[N+](=O)[O-])cc1OC. The topological polar surface area (TPSA) is 176 Å². The van der Waals surface area contributed by atoms with Crippen LogP contribution in [0.4, 0.5) is 34.1 Å². The molecule has 0 bridgehead atoms. The van der Waals surface area contributed by atoms with Crippen LogP contribution in [-0.4, -0.2) is 36.0 Å². The Morgan fingerprint density at radius 1 is 1.14 bits per heavy atom. The van der Waals surface area contributed by atoms with Crippen LogP contribution in [0.15, 0.2) is 64.7 Å². The van der Waals surface area contributed by atoms with Gasteiger partial charge in [0.1, 0.15) is 21.7 Å². The van der Waals surface area contributed by atoms with Crippen LogP contribution >= 0.6 is 11.8 Å². The number of thiocyanates is 1. The van der Waals surface area contributed by atoms with E-state index in [1.54, 1.807) is 23.6 Å². The second-order valence-electron chi connectivity index (χ2n) is 6.92. The van der Waals surface area contributed by atoms with Crippen molar-refractivity contribution in [1.29, 1.82) is 5.26 Å². The molecule has 0 spiro atoms. The molecule has 0 saturated heterocycles. The van der Waals surface area contributed by atoms with Crippen molar-refractivity contribution in [1.82, 2.24) is 0 Å². The third-order valence-corrected chi connectivity index (χ3v) is 5.16. The summed E-state index contributed by atoms with van der Waals surface area (Å²) < 4.78 is 5.48. The lowest BCUT2D eigenvalue weighted by Gasteiger charge is -2.25. The van der Waals surface area contributed by atoms with Gasteiger partial charge in [-0.2, -0.15) is 5.26 Å². The van der Waals surface area contributed by atoms with Crippen molar-refractivity contribution in [2.75, 3.05) is 30.4 Å². The van der Waals surface area contributed by atoms with E-state index in [0.717, 1.165) is 12.1 Å². The van der Waals surface area contributed by atoms with Crippen molar-refractivity contribution in [3.63, 3.8) is 0 Å². The summed E-state index contributed by atoms with van der Waals surface area (Å²) in [5.74, 6) is -0.0451. The number of nitriles is 1. The van der Waals surface area contributed by atoms with Crippen molar-refractivity contribution in [3.8, 4) is 11.2 Å². The molecule has 0 aliphatic carbocycles. The van der Waals surface area contributed by atoms with Gasteiger partial charge in [-0.25, -0.2) is 0 Å². The largest absolute Gasteiger partial charge is 0.494 e. The number of amides is 1. The highest BCUT2D eigenvalue weighted by molar-refractivity contribution is 8.03. The quantitative estimate of drug-likeness (QED) is 0.0943. The number of nitro groups is 2. The summed E-state index contributed by atoms with van der Waals surface area (Å²) >= 11 is 0.459. The Kier molecular flexibility index (Phi) is 9.64. The third kappa shape index (κ3) is 6.64. The molecular weight excluding hydrogens is 490 g/mol. The maximum Gasteiger partial charge on any atom is 0.303 e. The number of nitro benzene ring substituents is 2. The number of nitrogens with one attached hydrogen (secondary N) is 1. The van der Waals surface area contributed by atoms with Crippen molar-refractivity contribution in [2.45, 2.75) is 11.8 Å². The predicted octanol–water partition coefficient (Wildman–Crippen LogP) is 5.64. The monoisotopic (exact) mass is 511 g/mol. The lowest BCUT2D eigenvalue weighted by atomic mass is 10.2. The standard InChI is InChI=1S/C22H21N7O6S/c1-5-7-27(8-6-2)19-9-15(24-14(3)30)16(10-21(19)35-4)25-26-17-11-22(36-13-23)20(29(33)34)12-18(17)28(31)32/h5-6,9-12H,1-2,7-8H2,3-4H3,(H,24,30). The molecule has 1 N–H and O–H groups in total. The van der Waals surface area contributed by atoms with Gasteiger partial charge >= 0.3 is 5.69 Å². The fraction of sp³-hybridized carbons (Fsp3) is 0.182. The number of carbonyl (C=O) groups excluding carboxylic acids is 1. The number of nitrogens with zero attached hydrogens (tertiary/aromatic N) is 6. The summed E-state index contributed by atoms with van der Waals surface area (Å²) in [4.78, 5) is 34.7. The Morgan fingerprint density at radius 2 is 1.75 bits per heavy atom. The number of azo groups is 1. The lowest BCUT2D eigenvalue weighted by molar-refractivity contribution is -0.395. The summed E-state index contributed by atoms with van der Waals surface area (Å²) in [6.07, 6.45) is 3.36. The minimum atomic E-state index is -0.844. The van der Waals surface area contributed by atoms with E-state index in [1.807, 2.05) is 4.90 Å². The molecule has 0 heterocycles. The second kappa shape index (κ2) is 12.6. The Morgan fingerprint density at radius 3 is 2.25 bits per heavy atom. The number of carbonyl (C=O) groups is 1. The zero-order chi connectivity index (χ0) is 26.8. The van der Waals surface area contributed by atoms with Gasteiger partial charge in [-0.15, -0.1) is 23.4 Å². The molecule has 0 saturated carbocycles. The van der Waals surface area contributed by atoms with Crippen LogP contribution in [0.5, 0.6) is 5.75 Å². The first-order valence-corrected chi connectivity index (χ1v) is 10.9. The summed E-state index contributed by atoms with van der Waals surface area (Å²) in [5.41, 5.74) is -0.683. The van der Waals surface area contributed by atoms with E-state index in [9.17, 15) is 25.0 Å². The van der Waals surface area contributed by atoms with Gasteiger partial charge in [-0.05, 0) is 23.9 Å². The third-order valence-electron chi connectivity index (χ3n) is 4.52. The van der Waals surface area contributed by atoms with Crippen molar-refractivity contribution < 1.29 is 19.4 Å². The number of ether oxygens (including phenoxy) is 1. The average molecular weight is 512 g/mol. The molecule has 0 atom stereocenters. The molecule has 2 aromatic rings. The molecule has 36 heavy (non-hydrogen) atoms. The van der Waals surface area contributed by atoms with Crippen LogP contribution in [0, 0.1) is 30.9 Å². The molecule has 0 radical (unpaired) electrons. The van der Waals surface area contributed by atoms with Crippen LogP contribution in [0.25, 0.3) is 0 Å². The van der Waals surface area contributed by atoms with Crippen LogP contribution in [0.3, 0.4) is 0 Å². The minimum absolute atomic E-state index is 0.102. The fourth-order valence-corrected chi connectivity index (χ4v) is 3.58. The van der Waals surface area contributed by atoms with E-state index in [-0.39, 0.29) is 22.0 Å². The van der Waals surface area contributed by atoms with E-state index < -0.39 is 27.1 Å². The van der Waals surface area contributed by atoms with E-state index in [1.165, 1.54) is 20.1 Å². The van der Waals surface area contributed by atoms with Gasteiger partial charge in [0.05, 0.1) is 34.4 Å². The van der Waals surface area contributed by atoms with Gasteiger partial charge in [0, 0.05) is 26.1 Å². The van der Waals surface area contributed by atoms with E-state index in [2.05, 4.69) is 28.7 Å². The molecule has 0 aromatic heterocycles. The highest BCUT2D eigenvalue weighted by Crippen LogP contribution is 2.42. The minimum Gasteiger partial charge on any atom is -0.494 e. The predicted molar refractivity (Wildman–Crippen MR) is 135 cm³/mol. The van der Waals surface area contributed by atoms with Gasteiger partial charge in [0.25, 0.3) is 5.69 Å². The van der Waals surface area contributed by atoms with Crippen LogP contribution in [-0.2, 0) is 4.79 Å². The molecule has 0 unspecified atom stereocenters. The smallest absolute Gasteiger partial charge is 0.303 e. The molecule has 0 aliphatic heterocycles. The first kappa shape index (κ1) is 27.5. The van der Waals surface area contributed by atoms with Crippen LogP contribution in [0.1, 0.15) is 6.92 Å². The van der Waals surface area contributed by atoms with Gasteiger partial charge in [-0.3, -0.25) is 25.0 Å². The summed E-state index contributed by atoms with van der Waals surface area (Å²) in [6.45, 7) is 9.65. The van der Waals surface area contributed by atoms with E-state index >= 15 is 0 Å². The highest BCUT2D eigenvalue weighted by atomic mass is 32.2. The number of hydrogen-bond donors (Lipinski definition) is 1. The number of rotatable bonds is 12. The molecule has 13 nitrogen and oxygen atoms in total. The molecule has 2 rings (SSSR count). The average Bonchev–Trinajstić information content (AvgIpc) is 2.82. The molecule has 1 amide bonds. The molecule has 2 aromatic carbocycles. The molecular formula is C22H21N7O6S. The number of anilines is 2. The number of hydrogen-bond acceptors (Lipinski definition) is 11. The molecule has 14 heteroatoms. The van der Waals surface area contributed by atoms with Gasteiger partial charge in [-0.1, -0.05) is 12.2 Å². The Labute approximate surface area is 210 Å². The van der Waals surface area contributed by atoms with Crippen molar-refractivity contribution >= 4 is 51.8 Å². The van der Waals surface area contributed by atoms with Crippen LogP contribution in [0.2, 0.25) is 0 Å². The second-order valence-corrected chi connectivity index (χ2v) is 7.75. The number of benzene rings is 2. The van der Waals surface area contributed by atoms with Crippen molar-refractivity contribution in [3.05, 3.63) is 69.8 Å². The molecule has 186 valence electrons. The fourth-order valence-electron chi connectivity index (χ4n) is 3.08. The summed E-state index contributed by atoms with van der Waals surface area (Å²) in [5, 5.41) is 44.1. The number of thioether (sulfide) groups is 1. The maximum atomic E-state index is 11.8. The Hall–Kier alpha value is -4.77. The Balaban J connectivity index is 2.72. The van der Waals surface area contributed by atoms with Crippen molar-refractivity contribution in [2.24, 2.45) is 10.2 Å². The van der Waals surface area contributed by atoms with Gasteiger partial charge in [0.15, 0.2) is 5.69 Å². The molecule has 0 fully saturated rings.